The lowest BCUT2D eigenvalue weighted by Gasteiger charge is -2.09. The van der Waals surface area contributed by atoms with Crippen molar-refractivity contribution in [2.24, 2.45) is 0 Å². The summed E-state index contributed by atoms with van der Waals surface area (Å²) in [5.74, 6) is 0.667. The Bertz CT molecular complexity index is 698. The van der Waals surface area contributed by atoms with Gasteiger partial charge < -0.3 is 19.5 Å². The average Bonchev–Trinajstić information content (AvgIpc) is 3.32. The number of hydrogen-bond donors (Lipinski definition) is 1. The molecule has 25 heavy (non-hydrogen) atoms. The van der Waals surface area contributed by atoms with Crippen LogP contribution in [0.3, 0.4) is 0 Å². The molecular weight excluding hydrogens is 340 g/mol. The lowest BCUT2D eigenvalue weighted by Crippen LogP contribution is -2.28. The quantitative estimate of drug-likeness (QED) is 0.782. The van der Waals surface area contributed by atoms with E-state index in [0.717, 1.165) is 40.6 Å². The Morgan fingerprint density at radius 3 is 3.20 bits per heavy atom. The van der Waals surface area contributed by atoms with Gasteiger partial charge in [0.15, 0.2) is 0 Å². The second-order valence-electron chi connectivity index (χ2n) is 5.79. The SMILES string of the molecule is COc1cccc(-c2ncc(CNC(=O)COC[C@@H]3CCCO3)s2)c1. The Hall–Kier alpha value is -1.96. The van der Waals surface area contributed by atoms with Gasteiger partial charge in [-0.25, -0.2) is 4.98 Å². The van der Waals surface area contributed by atoms with Crippen molar-refractivity contribution < 1.29 is 19.0 Å². The first-order valence-corrected chi connectivity index (χ1v) is 9.11. The molecule has 7 heteroatoms. The second-order valence-corrected chi connectivity index (χ2v) is 6.91. The molecule has 0 radical (unpaired) electrons. The van der Waals surface area contributed by atoms with Crippen LogP contribution in [0, 0.1) is 0 Å². The molecule has 1 aromatic heterocycles. The van der Waals surface area contributed by atoms with Gasteiger partial charge in [0.2, 0.25) is 5.91 Å². The van der Waals surface area contributed by atoms with Crippen molar-refractivity contribution in [3.63, 3.8) is 0 Å². The van der Waals surface area contributed by atoms with Crippen molar-refractivity contribution in [3.8, 4) is 16.3 Å². The summed E-state index contributed by atoms with van der Waals surface area (Å²) in [6.45, 7) is 1.78. The number of rotatable bonds is 8. The van der Waals surface area contributed by atoms with E-state index in [9.17, 15) is 4.79 Å². The molecule has 6 nitrogen and oxygen atoms in total. The highest BCUT2D eigenvalue weighted by atomic mass is 32.1. The Labute approximate surface area is 151 Å². The zero-order chi connectivity index (χ0) is 17.5. The van der Waals surface area contributed by atoms with Crippen LogP contribution in [0.15, 0.2) is 30.5 Å². The number of hydrogen-bond acceptors (Lipinski definition) is 6. The fourth-order valence-corrected chi connectivity index (χ4v) is 3.42. The number of aromatic nitrogens is 1. The zero-order valence-electron chi connectivity index (χ0n) is 14.2. The normalized spacial score (nSPS) is 16.8. The predicted octanol–water partition coefficient (Wildman–Crippen LogP) is 2.63. The number of methoxy groups -OCH3 is 1. The lowest BCUT2D eigenvalue weighted by molar-refractivity contribution is -0.127. The van der Waals surface area contributed by atoms with E-state index in [1.807, 2.05) is 24.3 Å². The second kappa shape index (κ2) is 8.94. The summed E-state index contributed by atoms with van der Waals surface area (Å²) in [6.07, 6.45) is 4.00. The summed E-state index contributed by atoms with van der Waals surface area (Å²) >= 11 is 1.55. The number of benzene rings is 1. The van der Waals surface area contributed by atoms with Gasteiger partial charge >= 0.3 is 0 Å². The van der Waals surface area contributed by atoms with Crippen LogP contribution in [0.1, 0.15) is 17.7 Å². The molecule has 0 unspecified atom stereocenters. The molecule has 0 saturated carbocycles. The fraction of sp³-hybridized carbons (Fsp3) is 0.444. The van der Waals surface area contributed by atoms with Crippen molar-refractivity contribution in [1.82, 2.24) is 10.3 Å². The third-order valence-electron chi connectivity index (χ3n) is 3.89. The molecule has 134 valence electrons. The highest BCUT2D eigenvalue weighted by Gasteiger charge is 2.16. The Morgan fingerprint density at radius 1 is 1.48 bits per heavy atom. The van der Waals surface area contributed by atoms with Crippen molar-refractivity contribution in [2.75, 3.05) is 26.9 Å². The molecule has 0 aliphatic carbocycles. The number of carbonyl (C=O) groups excluding carboxylic acids is 1. The van der Waals surface area contributed by atoms with Gasteiger partial charge in [0.1, 0.15) is 17.4 Å². The third kappa shape index (κ3) is 5.26. The standard InChI is InChI=1S/C18H22N2O4S/c1-22-14-5-2-4-13(8-14)18-20-10-16(25-18)9-19-17(21)12-23-11-15-6-3-7-24-15/h2,4-5,8,10,15H,3,6-7,9,11-12H2,1H3,(H,19,21)/t15-/m0/s1. The maximum absolute atomic E-state index is 11.8. The van der Waals surface area contributed by atoms with Gasteiger partial charge in [0, 0.05) is 23.2 Å². The van der Waals surface area contributed by atoms with E-state index in [1.165, 1.54) is 0 Å². The molecule has 1 saturated heterocycles. The van der Waals surface area contributed by atoms with Crippen molar-refractivity contribution >= 4 is 17.2 Å². The Morgan fingerprint density at radius 2 is 2.40 bits per heavy atom. The average molecular weight is 362 g/mol. The summed E-state index contributed by atoms with van der Waals surface area (Å²) in [4.78, 5) is 17.3. The maximum atomic E-state index is 11.8. The smallest absolute Gasteiger partial charge is 0.246 e. The lowest BCUT2D eigenvalue weighted by atomic mass is 10.2. The summed E-state index contributed by atoms with van der Waals surface area (Å²) in [6, 6.07) is 7.76. The minimum Gasteiger partial charge on any atom is -0.497 e. The fourth-order valence-electron chi connectivity index (χ4n) is 2.57. The summed E-state index contributed by atoms with van der Waals surface area (Å²) in [7, 11) is 1.64. The predicted molar refractivity (Wildman–Crippen MR) is 95.7 cm³/mol. The maximum Gasteiger partial charge on any atom is 0.246 e. The molecule has 1 aliphatic rings. The molecule has 2 aromatic rings. The van der Waals surface area contributed by atoms with Crippen LogP contribution in [-0.4, -0.2) is 43.9 Å². The highest BCUT2D eigenvalue weighted by Crippen LogP contribution is 2.27. The molecule has 1 aliphatic heterocycles. The van der Waals surface area contributed by atoms with E-state index in [1.54, 1.807) is 24.6 Å². The summed E-state index contributed by atoms with van der Waals surface area (Å²) in [5, 5.41) is 3.75. The van der Waals surface area contributed by atoms with Gasteiger partial charge in [-0.3, -0.25) is 4.79 Å². The van der Waals surface area contributed by atoms with E-state index in [0.29, 0.717) is 13.2 Å². The molecule has 1 aromatic carbocycles. The molecule has 0 spiro atoms. The zero-order valence-corrected chi connectivity index (χ0v) is 15.0. The van der Waals surface area contributed by atoms with Crippen LogP contribution < -0.4 is 10.1 Å². The minimum absolute atomic E-state index is 0.0569. The number of amides is 1. The largest absolute Gasteiger partial charge is 0.497 e. The molecule has 0 bridgehead atoms. The van der Waals surface area contributed by atoms with Gasteiger partial charge in [-0.15, -0.1) is 11.3 Å². The van der Waals surface area contributed by atoms with Crippen LogP contribution in [0.25, 0.3) is 10.6 Å². The highest BCUT2D eigenvalue weighted by molar-refractivity contribution is 7.15. The molecule has 2 heterocycles. The topological polar surface area (TPSA) is 69.7 Å². The summed E-state index contributed by atoms with van der Waals surface area (Å²) in [5.41, 5.74) is 1.00. The molecule has 1 N–H and O–H groups in total. The summed E-state index contributed by atoms with van der Waals surface area (Å²) < 4.78 is 16.1. The van der Waals surface area contributed by atoms with E-state index in [4.69, 9.17) is 14.2 Å². The van der Waals surface area contributed by atoms with E-state index < -0.39 is 0 Å². The molecular formula is C18H22N2O4S. The van der Waals surface area contributed by atoms with Crippen molar-refractivity contribution in [3.05, 3.63) is 35.3 Å². The van der Waals surface area contributed by atoms with E-state index in [2.05, 4.69) is 10.3 Å². The number of ether oxygens (including phenoxy) is 3. The van der Waals surface area contributed by atoms with Crippen LogP contribution in [0.4, 0.5) is 0 Å². The first-order valence-electron chi connectivity index (χ1n) is 8.30. The number of nitrogens with zero attached hydrogens (tertiary/aromatic N) is 1. The van der Waals surface area contributed by atoms with E-state index >= 15 is 0 Å². The van der Waals surface area contributed by atoms with Crippen molar-refractivity contribution in [1.29, 1.82) is 0 Å². The van der Waals surface area contributed by atoms with Crippen LogP contribution in [0.2, 0.25) is 0 Å². The number of carbonyl (C=O) groups is 1. The Kier molecular flexibility index (Phi) is 6.38. The van der Waals surface area contributed by atoms with Crippen molar-refractivity contribution in [2.45, 2.75) is 25.5 Å². The number of nitrogens with one attached hydrogen (secondary N) is 1. The molecule has 1 atom stereocenters. The first-order chi connectivity index (χ1) is 12.2. The van der Waals surface area contributed by atoms with Gasteiger partial charge in [0.05, 0.1) is 26.4 Å². The van der Waals surface area contributed by atoms with Crippen LogP contribution >= 0.6 is 11.3 Å². The molecule has 1 fully saturated rings. The van der Waals surface area contributed by atoms with Gasteiger partial charge in [0.25, 0.3) is 0 Å². The van der Waals surface area contributed by atoms with Gasteiger partial charge in [-0.2, -0.15) is 0 Å². The van der Waals surface area contributed by atoms with Gasteiger partial charge in [-0.05, 0) is 25.0 Å². The third-order valence-corrected chi connectivity index (χ3v) is 4.94. The minimum atomic E-state index is -0.130. The monoisotopic (exact) mass is 362 g/mol. The molecule has 3 rings (SSSR count). The van der Waals surface area contributed by atoms with E-state index in [-0.39, 0.29) is 18.6 Å². The van der Waals surface area contributed by atoms with Gasteiger partial charge in [-0.1, -0.05) is 12.1 Å². The molecule has 1 amide bonds. The van der Waals surface area contributed by atoms with Crippen LogP contribution in [0.5, 0.6) is 5.75 Å². The number of thiazole rings is 1. The first kappa shape index (κ1) is 17.8. The van der Waals surface area contributed by atoms with Crippen LogP contribution in [-0.2, 0) is 20.8 Å². The Balaban J connectivity index is 1.44.